The molecule has 0 aliphatic heterocycles. The molecule has 0 saturated carbocycles. The number of amides is 1. The molecule has 0 aliphatic rings. The number of aryl methyl sites for hydroxylation is 2. The van der Waals surface area contributed by atoms with Gasteiger partial charge in [0, 0.05) is 24.3 Å². The zero-order chi connectivity index (χ0) is 20.7. The molecule has 1 heterocycles. The molecule has 0 radical (unpaired) electrons. The third-order valence-electron chi connectivity index (χ3n) is 4.14. The van der Waals surface area contributed by atoms with E-state index >= 15 is 0 Å². The maximum atomic E-state index is 14.3. The van der Waals surface area contributed by atoms with Gasteiger partial charge in [0.2, 0.25) is 0 Å². The number of benzene rings is 1. The van der Waals surface area contributed by atoms with Crippen LogP contribution < -0.4 is 10.5 Å². The number of nitrogens with zero attached hydrogens (tertiary/aromatic N) is 2. The summed E-state index contributed by atoms with van der Waals surface area (Å²) in [5.41, 5.74) is -0.401. The van der Waals surface area contributed by atoms with Crippen molar-refractivity contribution < 1.29 is 22.4 Å². The van der Waals surface area contributed by atoms with Crippen molar-refractivity contribution in [1.82, 2.24) is 15.1 Å². The Morgan fingerprint density at radius 3 is 2.04 bits per heavy atom. The van der Waals surface area contributed by atoms with Gasteiger partial charge in [-0.05, 0) is 6.42 Å². The first-order chi connectivity index (χ1) is 12.4. The van der Waals surface area contributed by atoms with Gasteiger partial charge in [-0.3, -0.25) is 9.48 Å². The summed E-state index contributed by atoms with van der Waals surface area (Å²) < 4.78 is 58.6. The van der Waals surface area contributed by atoms with Crippen molar-refractivity contribution in [2.75, 3.05) is 0 Å². The second-order valence-electron chi connectivity index (χ2n) is 7.13. The SMILES string of the molecule is CCc1nn(C)c(C(=O)NCc2c(F)c(F)c([Si](C)(C)C)c(F)c2F)c1Cl. The Morgan fingerprint density at radius 1 is 1.11 bits per heavy atom. The lowest BCUT2D eigenvalue weighted by molar-refractivity contribution is 0.0940. The van der Waals surface area contributed by atoms with Crippen LogP contribution in [0.5, 0.6) is 0 Å². The van der Waals surface area contributed by atoms with E-state index in [1.165, 1.54) is 11.7 Å². The van der Waals surface area contributed by atoms with Crippen molar-refractivity contribution in [3.05, 3.63) is 45.2 Å². The molecule has 0 spiro atoms. The van der Waals surface area contributed by atoms with Gasteiger partial charge in [0.1, 0.15) is 5.69 Å². The Hall–Kier alpha value is -1.87. The van der Waals surface area contributed by atoms with Crippen LogP contribution in [0.15, 0.2) is 0 Å². The molecule has 0 unspecified atom stereocenters. The number of aromatic nitrogens is 2. The lowest BCUT2D eigenvalue weighted by atomic mass is 10.1. The minimum Gasteiger partial charge on any atom is -0.346 e. The van der Waals surface area contributed by atoms with Gasteiger partial charge in [-0.1, -0.05) is 38.2 Å². The van der Waals surface area contributed by atoms with Crippen LogP contribution in [0.3, 0.4) is 0 Å². The van der Waals surface area contributed by atoms with Crippen molar-refractivity contribution in [2.45, 2.75) is 39.5 Å². The van der Waals surface area contributed by atoms with Crippen LogP contribution in [0, 0.1) is 23.3 Å². The molecule has 0 saturated heterocycles. The van der Waals surface area contributed by atoms with Crippen molar-refractivity contribution in [3.8, 4) is 0 Å². The lowest BCUT2D eigenvalue weighted by Gasteiger charge is -2.21. The van der Waals surface area contributed by atoms with Gasteiger partial charge in [-0.15, -0.1) is 0 Å². The number of carbonyl (C=O) groups is 1. The summed E-state index contributed by atoms with van der Waals surface area (Å²) >= 11 is 6.08. The molecule has 148 valence electrons. The number of rotatable bonds is 5. The summed E-state index contributed by atoms with van der Waals surface area (Å²) in [6, 6.07) is 0. The summed E-state index contributed by atoms with van der Waals surface area (Å²) in [7, 11) is -1.18. The zero-order valence-electron chi connectivity index (χ0n) is 15.6. The quantitative estimate of drug-likeness (QED) is 0.455. The predicted molar refractivity (Wildman–Crippen MR) is 98.0 cm³/mol. The molecule has 10 heteroatoms. The minimum atomic E-state index is -2.67. The molecule has 0 aliphatic carbocycles. The number of carbonyl (C=O) groups excluding carboxylic acids is 1. The average molecular weight is 422 g/mol. The van der Waals surface area contributed by atoms with E-state index in [0.29, 0.717) is 12.1 Å². The molecule has 27 heavy (non-hydrogen) atoms. The highest BCUT2D eigenvalue weighted by Crippen LogP contribution is 2.23. The summed E-state index contributed by atoms with van der Waals surface area (Å²) in [6.07, 6.45) is 0.484. The van der Waals surface area contributed by atoms with Crippen LogP contribution in [-0.2, 0) is 20.0 Å². The van der Waals surface area contributed by atoms with Crippen molar-refractivity contribution >= 4 is 30.8 Å². The Morgan fingerprint density at radius 2 is 1.63 bits per heavy atom. The topological polar surface area (TPSA) is 46.9 Å². The fourth-order valence-corrected chi connectivity index (χ4v) is 4.69. The van der Waals surface area contributed by atoms with Crippen LogP contribution >= 0.6 is 11.6 Å². The van der Waals surface area contributed by atoms with Gasteiger partial charge < -0.3 is 5.32 Å². The highest BCUT2D eigenvalue weighted by molar-refractivity contribution is 6.88. The van der Waals surface area contributed by atoms with Crippen LogP contribution in [0.25, 0.3) is 0 Å². The normalized spacial score (nSPS) is 11.8. The molecule has 2 aromatic rings. The van der Waals surface area contributed by atoms with Crippen LogP contribution in [0.2, 0.25) is 24.7 Å². The molecule has 0 atom stereocenters. The lowest BCUT2D eigenvalue weighted by Crippen LogP contribution is -2.44. The van der Waals surface area contributed by atoms with Gasteiger partial charge in [-0.25, -0.2) is 17.6 Å². The van der Waals surface area contributed by atoms with Gasteiger partial charge in [0.05, 0.1) is 18.8 Å². The van der Waals surface area contributed by atoms with Crippen LogP contribution in [0.1, 0.15) is 28.7 Å². The Kier molecular flexibility index (Phi) is 6.05. The molecule has 1 aromatic carbocycles. The monoisotopic (exact) mass is 421 g/mol. The molecule has 1 amide bonds. The molecule has 1 aromatic heterocycles. The third kappa shape index (κ3) is 3.89. The van der Waals surface area contributed by atoms with E-state index in [4.69, 9.17) is 11.6 Å². The fraction of sp³-hybridized carbons (Fsp3) is 0.412. The van der Waals surface area contributed by atoms with E-state index in [-0.39, 0.29) is 10.7 Å². The zero-order valence-corrected chi connectivity index (χ0v) is 17.4. The predicted octanol–water partition coefficient (Wildman–Crippen LogP) is 3.67. The van der Waals surface area contributed by atoms with E-state index in [1.54, 1.807) is 26.6 Å². The number of hydrogen-bond acceptors (Lipinski definition) is 2. The first-order valence-electron chi connectivity index (χ1n) is 8.26. The Balaban J connectivity index is 2.37. The third-order valence-corrected chi connectivity index (χ3v) is 6.47. The summed E-state index contributed by atoms with van der Waals surface area (Å²) in [5, 5.41) is 5.88. The molecular weight excluding hydrogens is 402 g/mol. The highest BCUT2D eigenvalue weighted by Gasteiger charge is 2.33. The fourth-order valence-electron chi connectivity index (χ4n) is 2.77. The first-order valence-corrected chi connectivity index (χ1v) is 12.1. The van der Waals surface area contributed by atoms with E-state index in [0.717, 1.165) is 0 Å². The van der Waals surface area contributed by atoms with Crippen LogP contribution in [0.4, 0.5) is 17.6 Å². The van der Waals surface area contributed by atoms with E-state index < -0.39 is 54.5 Å². The van der Waals surface area contributed by atoms with E-state index in [2.05, 4.69) is 10.4 Å². The second kappa shape index (κ2) is 7.63. The van der Waals surface area contributed by atoms with Gasteiger partial charge in [-0.2, -0.15) is 5.10 Å². The minimum absolute atomic E-state index is 0.00556. The smallest absolute Gasteiger partial charge is 0.271 e. The average Bonchev–Trinajstić information content (AvgIpc) is 2.85. The van der Waals surface area contributed by atoms with E-state index in [1.807, 2.05) is 0 Å². The number of nitrogens with one attached hydrogen (secondary N) is 1. The van der Waals surface area contributed by atoms with Gasteiger partial charge >= 0.3 is 0 Å². The molecule has 0 bridgehead atoms. The maximum Gasteiger partial charge on any atom is 0.271 e. The highest BCUT2D eigenvalue weighted by atomic mass is 35.5. The standard InChI is InChI=1S/C17H20ClF4N3OSi/c1-6-9-10(18)15(25(2)24-9)17(26)23-7-8-11(19)13(21)16(27(3,4)5)14(22)12(8)20/h6-7H2,1-5H3,(H,23,26). The molecule has 0 fully saturated rings. The molecule has 1 N–H and O–H groups in total. The summed E-state index contributed by atoms with van der Waals surface area (Å²) in [6.45, 7) is 5.78. The van der Waals surface area contributed by atoms with Crippen molar-refractivity contribution in [1.29, 1.82) is 0 Å². The number of hydrogen-bond donors (Lipinski definition) is 1. The first kappa shape index (κ1) is 21.4. The van der Waals surface area contributed by atoms with Gasteiger partial charge in [0.25, 0.3) is 5.91 Å². The molecule has 2 rings (SSSR count). The Labute approximate surface area is 160 Å². The largest absolute Gasteiger partial charge is 0.346 e. The Bertz CT molecular complexity index is 880. The second-order valence-corrected chi connectivity index (χ2v) is 12.5. The summed E-state index contributed by atoms with van der Waals surface area (Å²) in [5.74, 6) is -6.59. The summed E-state index contributed by atoms with van der Waals surface area (Å²) in [4.78, 5) is 12.3. The molecular formula is C17H20ClF4N3OSi. The number of halogens is 5. The van der Waals surface area contributed by atoms with Crippen molar-refractivity contribution in [2.24, 2.45) is 7.05 Å². The maximum absolute atomic E-state index is 14.3. The molecule has 4 nitrogen and oxygen atoms in total. The van der Waals surface area contributed by atoms with Gasteiger partial charge in [0.15, 0.2) is 23.3 Å². The van der Waals surface area contributed by atoms with Crippen LogP contribution in [-0.4, -0.2) is 23.8 Å². The van der Waals surface area contributed by atoms with E-state index in [9.17, 15) is 22.4 Å². The van der Waals surface area contributed by atoms with Crippen molar-refractivity contribution in [3.63, 3.8) is 0 Å².